The van der Waals surface area contributed by atoms with Crippen LogP contribution in [-0.4, -0.2) is 39.4 Å². The van der Waals surface area contributed by atoms with Gasteiger partial charge in [-0.2, -0.15) is 5.10 Å². The number of benzene rings is 1. The maximum atomic E-state index is 13.3. The van der Waals surface area contributed by atoms with Gasteiger partial charge in [0.15, 0.2) is 11.5 Å². The van der Waals surface area contributed by atoms with Crippen LogP contribution in [0, 0.1) is 5.92 Å². The fraction of sp³-hybridized carbons (Fsp3) is 0.440. The number of carbonyl (C=O) groups excluding carboxylic acids is 1. The molecule has 2 aromatic heterocycles. The number of furan rings is 1. The van der Waals surface area contributed by atoms with Gasteiger partial charge in [-0.25, -0.2) is 5.01 Å². The van der Waals surface area contributed by atoms with Crippen molar-refractivity contribution in [3.8, 4) is 11.5 Å². The number of aromatic nitrogens is 2. The third-order valence-electron chi connectivity index (χ3n) is 6.76. The zero-order chi connectivity index (χ0) is 23.6. The second-order valence-electron chi connectivity index (χ2n) is 9.03. The molecule has 0 spiro atoms. The van der Waals surface area contributed by atoms with Gasteiger partial charge in [0.25, 0.3) is 11.1 Å². The molecule has 1 unspecified atom stereocenters. The van der Waals surface area contributed by atoms with Gasteiger partial charge >= 0.3 is 0 Å². The predicted octanol–water partition coefficient (Wildman–Crippen LogP) is 4.98. The summed E-state index contributed by atoms with van der Waals surface area (Å²) >= 11 is 1.24. The second kappa shape index (κ2) is 9.77. The van der Waals surface area contributed by atoms with E-state index in [4.69, 9.17) is 18.3 Å². The Labute approximate surface area is 206 Å². The minimum absolute atomic E-state index is 0.139. The van der Waals surface area contributed by atoms with Gasteiger partial charge in [-0.1, -0.05) is 43.5 Å². The van der Waals surface area contributed by atoms with Crippen molar-refractivity contribution in [1.82, 2.24) is 15.2 Å². The molecule has 1 aliphatic carbocycles. The van der Waals surface area contributed by atoms with Crippen molar-refractivity contribution in [1.29, 1.82) is 0 Å². The summed E-state index contributed by atoms with van der Waals surface area (Å²) in [5.74, 6) is 3.43. The highest BCUT2D eigenvalue weighted by Crippen LogP contribution is 2.39. The highest BCUT2D eigenvalue weighted by Gasteiger charge is 2.35. The SMILES string of the molecule is O=C(CSc1nnc(CCC2CCCC2)o1)N1N=C(c2ccco2)CC1c1ccc2c(c1)OCO2. The molecule has 1 aromatic carbocycles. The maximum absolute atomic E-state index is 13.3. The maximum Gasteiger partial charge on any atom is 0.277 e. The Kier molecular flexibility index (Phi) is 6.20. The van der Waals surface area contributed by atoms with Gasteiger partial charge in [-0.05, 0) is 42.2 Å². The second-order valence-corrected chi connectivity index (χ2v) is 9.96. The molecule has 0 radical (unpaired) electrons. The topological polar surface area (TPSA) is 103 Å². The number of hydrogen-bond donors (Lipinski definition) is 0. The molecule has 2 aliphatic heterocycles. The van der Waals surface area contributed by atoms with E-state index in [1.807, 2.05) is 30.3 Å². The van der Waals surface area contributed by atoms with Crippen LogP contribution in [0.15, 0.2) is 55.8 Å². The lowest BCUT2D eigenvalue weighted by atomic mass is 10.0. The molecule has 0 saturated heterocycles. The third-order valence-corrected chi connectivity index (χ3v) is 7.56. The number of aryl methyl sites for hydroxylation is 1. The van der Waals surface area contributed by atoms with Gasteiger partial charge in [-0.3, -0.25) is 4.79 Å². The summed E-state index contributed by atoms with van der Waals surface area (Å²) < 4.78 is 22.3. The summed E-state index contributed by atoms with van der Waals surface area (Å²) in [6.07, 6.45) is 9.26. The lowest BCUT2D eigenvalue weighted by Crippen LogP contribution is -2.28. The van der Waals surface area contributed by atoms with Crippen molar-refractivity contribution in [2.45, 2.75) is 56.2 Å². The number of thioether (sulfide) groups is 1. The first-order valence-corrected chi connectivity index (χ1v) is 13.0. The average Bonchev–Trinajstić information content (AvgIpc) is 3.70. The molecular formula is C25H26N4O5S. The van der Waals surface area contributed by atoms with Crippen molar-refractivity contribution in [3.05, 3.63) is 53.8 Å². The molecule has 35 heavy (non-hydrogen) atoms. The van der Waals surface area contributed by atoms with Gasteiger partial charge in [-0.15, -0.1) is 10.2 Å². The Balaban J connectivity index is 1.14. The van der Waals surface area contributed by atoms with Crippen molar-refractivity contribution in [2.75, 3.05) is 12.5 Å². The van der Waals surface area contributed by atoms with Crippen LogP contribution in [0.4, 0.5) is 0 Å². The Bertz CT molecular complexity index is 1220. The normalized spacial score (nSPS) is 19.5. The average molecular weight is 495 g/mol. The first kappa shape index (κ1) is 22.2. The number of fused-ring (bicyclic) bond motifs is 1. The van der Waals surface area contributed by atoms with Crippen molar-refractivity contribution < 1.29 is 23.1 Å². The van der Waals surface area contributed by atoms with E-state index in [0.717, 1.165) is 30.0 Å². The molecule has 182 valence electrons. The molecule has 1 amide bonds. The molecule has 1 atom stereocenters. The van der Waals surface area contributed by atoms with Crippen LogP contribution in [0.25, 0.3) is 0 Å². The molecular weight excluding hydrogens is 468 g/mol. The highest BCUT2D eigenvalue weighted by molar-refractivity contribution is 7.99. The van der Waals surface area contributed by atoms with Gasteiger partial charge in [0.2, 0.25) is 12.7 Å². The van der Waals surface area contributed by atoms with Crippen LogP contribution < -0.4 is 9.47 Å². The number of nitrogens with zero attached hydrogens (tertiary/aromatic N) is 4. The van der Waals surface area contributed by atoms with Gasteiger partial charge in [0.05, 0.1) is 18.1 Å². The third kappa shape index (κ3) is 4.80. The number of rotatable bonds is 8. The zero-order valence-corrected chi connectivity index (χ0v) is 20.0. The molecule has 6 rings (SSSR count). The molecule has 0 N–H and O–H groups in total. The minimum atomic E-state index is -0.276. The first-order valence-electron chi connectivity index (χ1n) is 12.0. The van der Waals surface area contributed by atoms with Gasteiger partial charge in [0, 0.05) is 12.8 Å². The number of hydrazone groups is 1. The van der Waals surface area contributed by atoms with E-state index in [-0.39, 0.29) is 24.5 Å². The molecule has 1 saturated carbocycles. The van der Waals surface area contributed by atoms with Crippen LogP contribution in [0.3, 0.4) is 0 Å². The Hall–Kier alpha value is -3.27. The lowest BCUT2D eigenvalue weighted by molar-refractivity contribution is -0.130. The number of ether oxygens (including phenoxy) is 2. The standard InChI is InChI=1S/C25H26N4O5S/c30-24(14-35-25-27-26-23(34-25)10-7-16-4-1-2-5-16)29-19(13-18(28-29)20-6-3-11-31-20)17-8-9-21-22(12-17)33-15-32-21/h3,6,8-9,11-12,16,19H,1-2,4-5,7,10,13-15H2. The fourth-order valence-electron chi connectivity index (χ4n) is 4.93. The van der Waals surface area contributed by atoms with E-state index in [1.54, 1.807) is 6.26 Å². The predicted molar refractivity (Wildman–Crippen MR) is 127 cm³/mol. The smallest absolute Gasteiger partial charge is 0.277 e. The summed E-state index contributed by atoms with van der Waals surface area (Å²) in [6.45, 7) is 0.198. The number of amides is 1. The van der Waals surface area contributed by atoms with Crippen LogP contribution in [0.1, 0.15) is 61.8 Å². The van der Waals surface area contributed by atoms with Gasteiger partial charge < -0.3 is 18.3 Å². The summed E-state index contributed by atoms with van der Waals surface area (Å²) in [5.41, 5.74) is 1.65. The Morgan fingerprint density at radius 1 is 1.11 bits per heavy atom. The van der Waals surface area contributed by atoms with Crippen LogP contribution >= 0.6 is 11.8 Å². The van der Waals surface area contributed by atoms with Crippen LogP contribution in [0.2, 0.25) is 0 Å². The first-order chi connectivity index (χ1) is 17.2. The van der Waals surface area contributed by atoms with E-state index >= 15 is 0 Å². The van der Waals surface area contributed by atoms with E-state index in [1.165, 1.54) is 42.5 Å². The van der Waals surface area contributed by atoms with Crippen molar-refractivity contribution in [3.63, 3.8) is 0 Å². The fourth-order valence-corrected chi connectivity index (χ4v) is 5.56. The van der Waals surface area contributed by atoms with E-state index in [0.29, 0.717) is 34.8 Å². The zero-order valence-electron chi connectivity index (χ0n) is 19.2. The van der Waals surface area contributed by atoms with Crippen molar-refractivity contribution in [2.24, 2.45) is 11.0 Å². The monoisotopic (exact) mass is 494 g/mol. The summed E-state index contributed by atoms with van der Waals surface area (Å²) in [6, 6.07) is 9.11. The lowest BCUT2D eigenvalue weighted by Gasteiger charge is -2.22. The van der Waals surface area contributed by atoms with Crippen LogP contribution in [0.5, 0.6) is 11.5 Å². The molecule has 3 aromatic rings. The summed E-state index contributed by atoms with van der Waals surface area (Å²) in [7, 11) is 0. The van der Waals surface area contributed by atoms with E-state index < -0.39 is 0 Å². The number of hydrogen-bond acceptors (Lipinski definition) is 9. The molecule has 9 nitrogen and oxygen atoms in total. The molecule has 3 aliphatic rings. The molecule has 4 heterocycles. The summed E-state index contributed by atoms with van der Waals surface area (Å²) in [5, 5.41) is 14.9. The summed E-state index contributed by atoms with van der Waals surface area (Å²) in [4.78, 5) is 13.3. The van der Waals surface area contributed by atoms with E-state index in [9.17, 15) is 4.79 Å². The minimum Gasteiger partial charge on any atom is -0.463 e. The molecule has 10 heteroatoms. The Morgan fingerprint density at radius 3 is 2.86 bits per heavy atom. The molecule has 1 fully saturated rings. The van der Waals surface area contributed by atoms with E-state index in [2.05, 4.69) is 15.3 Å². The Morgan fingerprint density at radius 2 is 2.00 bits per heavy atom. The molecule has 0 bridgehead atoms. The quantitative estimate of drug-likeness (QED) is 0.404. The van der Waals surface area contributed by atoms with Gasteiger partial charge in [0.1, 0.15) is 11.5 Å². The van der Waals surface area contributed by atoms with Crippen molar-refractivity contribution >= 4 is 23.4 Å². The number of carbonyl (C=O) groups is 1. The highest BCUT2D eigenvalue weighted by atomic mass is 32.2. The largest absolute Gasteiger partial charge is 0.463 e. The van der Waals surface area contributed by atoms with Crippen LogP contribution in [-0.2, 0) is 11.2 Å².